The molecule has 1 aromatic carbocycles. The highest BCUT2D eigenvalue weighted by molar-refractivity contribution is 9.10. The van der Waals surface area contributed by atoms with E-state index < -0.39 is 12.3 Å². The smallest absolute Gasteiger partial charge is 0.378 e. The standard InChI is InChI=1S/C14H11BrF3NO/c1-2-19-11(9-3-5-10(15)6-4-9)7-8-12(19)13(20)14(16,17)18/h2-8,13,20H,1H2. The molecule has 0 bridgehead atoms. The van der Waals surface area contributed by atoms with Crippen molar-refractivity contribution >= 4 is 22.1 Å². The zero-order chi connectivity index (χ0) is 14.9. The number of aliphatic hydroxyl groups is 1. The van der Waals surface area contributed by atoms with Gasteiger partial charge >= 0.3 is 6.18 Å². The first-order chi connectivity index (χ1) is 9.34. The lowest BCUT2D eigenvalue weighted by atomic mass is 10.1. The first-order valence-corrected chi connectivity index (χ1v) is 6.48. The first-order valence-electron chi connectivity index (χ1n) is 5.69. The van der Waals surface area contributed by atoms with Gasteiger partial charge in [0.15, 0.2) is 6.10 Å². The molecule has 2 nitrogen and oxygen atoms in total. The maximum atomic E-state index is 12.6. The summed E-state index contributed by atoms with van der Waals surface area (Å²) in [4.78, 5) is 0. The number of hydrogen-bond acceptors (Lipinski definition) is 1. The van der Waals surface area contributed by atoms with E-state index in [4.69, 9.17) is 0 Å². The fraction of sp³-hybridized carbons (Fsp3) is 0.143. The lowest BCUT2D eigenvalue weighted by molar-refractivity contribution is -0.208. The summed E-state index contributed by atoms with van der Waals surface area (Å²) in [5.74, 6) is 0. The number of alkyl halides is 3. The lowest BCUT2D eigenvalue weighted by Gasteiger charge is -2.16. The van der Waals surface area contributed by atoms with Crippen LogP contribution in [0.4, 0.5) is 13.2 Å². The van der Waals surface area contributed by atoms with Gasteiger partial charge in [-0.25, -0.2) is 0 Å². The fourth-order valence-electron chi connectivity index (χ4n) is 1.91. The third-order valence-electron chi connectivity index (χ3n) is 2.86. The highest BCUT2D eigenvalue weighted by Crippen LogP contribution is 2.35. The van der Waals surface area contributed by atoms with Gasteiger partial charge in [0.25, 0.3) is 0 Å². The Balaban J connectivity index is 2.50. The Morgan fingerprint density at radius 2 is 1.75 bits per heavy atom. The van der Waals surface area contributed by atoms with Crippen LogP contribution in [0.3, 0.4) is 0 Å². The van der Waals surface area contributed by atoms with Gasteiger partial charge in [-0.05, 0) is 29.8 Å². The predicted molar refractivity (Wildman–Crippen MR) is 75.0 cm³/mol. The van der Waals surface area contributed by atoms with Crippen LogP contribution in [0.15, 0.2) is 47.4 Å². The maximum Gasteiger partial charge on any atom is 0.420 e. The van der Waals surface area contributed by atoms with Crippen molar-refractivity contribution in [3.8, 4) is 11.3 Å². The largest absolute Gasteiger partial charge is 0.420 e. The van der Waals surface area contributed by atoms with Crippen LogP contribution in [0.1, 0.15) is 11.8 Å². The molecule has 1 aromatic heterocycles. The molecule has 0 saturated heterocycles. The van der Waals surface area contributed by atoms with E-state index >= 15 is 0 Å². The van der Waals surface area contributed by atoms with Crippen molar-refractivity contribution < 1.29 is 18.3 Å². The van der Waals surface area contributed by atoms with E-state index in [0.29, 0.717) is 5.69 Å². The van der Waals surface area contributed by atoms with Gasteiger partial charge in [0, 0.05) is 10.7 Å². The number of rotatable bonds is 3. The molecule has 0 spiro atoms. The molecule has 1 unspecified atom stereocenters. The van der Waals surface area contributed by atoms with E-state index in [1.165, 1.54) is 22.9 Å². The summed E-state index contributed by atoms with van der Waals surface area (Å²) >= 11 is 3.29. The second kappa shape index (κ2) is 5.46. The van der Waals surface area contributed by atoms with E-state index in [0.717, 1.165) is 10.0 Å². The van der Waals surface area contributed by atoms with Crippen molar-refractivity contribution in [2.75, 3.05) is 0 Å². The highest BCUT2D eigenvalue weighted by atomic mass is 79.9. The molecule has 0 aliphatic rings. The van der Waals surface area contributed by atoms with Crippen LogP contribution >= 0.6 is 15.9 Å². The Labute approximate surface area is 122 Å². The van der Waals surface area contributed by atoms with Crippen LogP contribution in [-0.4, -0.2) is 15.8 Å². The minimum atomic E-state index is -4.71. The third kappa shape index (κ3) is 2.81. The molecule has 0 aliphatic carbocycles. The van der Waals surface area contributed by atoms with Gasteiger partial charge in [-0.15, -0.1) is 0 Å². The molecule has 20 heavy (non-hydrogen) atoms. The number of aliphatic hydroxyl groups excluding tert-OH is 1. The predicted octanol–water partition coefficient (Wildman–Crippen LogP) is 4.61. The summed E-state index contributed by atoms with van der Waals surface area (Å²) in [5, 5.41) is 9.37. The van der Waals surface area contributed by atoms with Gasteiger partial charge < -0.3 is 9.67 Å². The molecule has 6 heteroatoms. The number of halogens is 4. The van der Waals surface area contributed by atoms with Crippen molar-refractivity contribution in [1.82, 2.24) is 4.57 Å². The topological polar surface area (TPSA) is 25.2 Å². The van der Waals surface area contributed by atoms with Crippen molar-refractivity contribution in [1.29, 1.82) is 0 Å². The quantitative estimate of drug-likeness (QED) is 0.862. The van der Waals surface area contributed by atoms with Crippen LogP contribution in [0.2, 0.25) is 0 Å². The summed E-state index contributed by atoms with van der Waals surface area (Å²) in [6.07, 6.45) is -6.00. The van der Waals surface area contributed by atoms with Crippen LogP contribution in [0.25, 0.3) is 17.5 Å². The molecule has 106 valence electrons. The lowest BCUT2D eigenvalue weighted by Crippen LogP contribution is -2.22. The average molecular weight is 346 g/mol. The third-order valence-corrected chi connectivity index (χ3v) is 3.39. The molecule has 1 N–H and O–H groups in total. The zero-order valence-corrected chi connectivity index (χ0v) is 11.8. The van der Waals surface area contributed by atoms with Gasteiger partial charge in [-0.3, -0.25) is 0 Å². The highest BCUT2D eigenvalue weighted by Gasteiger charge is 2.41. The zero-order valence-electron chi connectivity index (χ0n) is 10.2. The maximum absolute atomic E-state index is 12.6. The molecule has 0 radical (unpaired) electrons. The van der Waals surface area contributed by atoms with Crippen molar-refractivity contribution in [2.45, 2.75) is 12.3 Å². The van der Waals surface area contributed by atoms with Crippen molar-refractivity contribution in [3.63, 3.8) is 0 Å². The summed E-state index contributed by atoms with van der Waals surface area (Å²) in [6, 6.07) is 9.88. The molecule has 1 atom stereocenters. The van der Waals surface area contributed by atoms with Crippen molar-refractivity contribution in [2.24, 2.45) is 0 Å². The van der Waals surface area contributed by atoms with Gasteiger partial charge in [0.1, 0.15) is 0 Å². The Bertz CT molecular complexity index is 616. The Kier molecular flexibility index (Phi) is 4.06. The molecule has 0 aliphatic heterocycles. The van der Waals surface area contributed by atoms with Gasteiger partial charge in [-0.1, -0.05) is 34.6 Å². The number of nitrogens with zero attached hydrogens (tertiary/aromatic N) is 1. The summed E-state index contributed by atoms with van der Waals surface area (Å²) in [7, 11) is 0. The molecule has 0 fully saturated rings. The minimum absolute atomic E-state index is 0.259. The molecular formula is C14H11BrF3NO. The Hall–Kier alpha value is -1.53. The molecule has 0 saturated carbocycles. The SMILES string of the molecule is C=Cn1c(-c2ccc(Br)cc2)ccc1C(O)C(F)(F)F. The van der Waals surface area contributed by atoms with E-state index in [9.17, 15) is 18.3 Å². The Morgan fingerprint density at radius 1 is 1.15 bits per heavy atom. The fourth-order valence-corrected chi connectivity index (χ4v) is 2.18. The summed E-state index contributed by atoms with van der Waals surface area (Å²) in [5.41, 5.74) is 1.00. The van der Waals surface area contributed by atoms with Crippen LogP contribution < -0.4 is 0 Å². The minimum Gasteiger partial charge on any atom is -0.378 e. The first kappa shape index (κ1) is 14.9. The Morgan fingerprint density at radius 3 is 2.25 bits per heavy atom. The normalized spacial score (nSPS) is 13.2. The molecule has 2 aromatic rings. The van der Waals surface area contributed by atoms with E-state index in [1.54, 1.807) is 24.3 Å². The van der Waals surface area contributed by atoms with Crippen LogP contribution in [0.5, 0.6) is 0 Å². The van der Waals surface area contributed by atoms with Crippen LogP contribution in [-0.2, 0) is 0 Å². The molecule has 2 rings (SSSR count). The number of benzene rings is 1. The average Bonchev–Trinajstić information content (AvgIpc) is 2.81. The van der Waals surface area contributed by atoms with E-state index in [1.807, 2.05) is 0 Å². The van der Waals surface area contributed by atoms with E-state index in [2.05, 4.69) is 22.5 Å². The molecular weight excluding hydrogens is 335 g/mol. The van der Waals surface area contributed by atoms with Gasteiger partial charge in [-0.2, -0.15) is 13.2 Å². The number of hydrogen-bond donors (Lipinski definition) is 1. The monoisotopic (exact) mass is 345 g/mol. The summed E-state index contributed by atoms with van der Waals surface area (Å²) in [6.45, 7) is 3.51. The van der Waals surface area contributed by atoms with Gasteiger partial charge in [0.2, 0.25) is 0 Å². The van der Waals surface area contributed by atoms with Crippen LogP contribution in [0, 0.1) is 0 Å². The molecule has 0 amide bonds. The number of aromatic nitrogens is 1. The second-order valence-electron chi connectivity index (χ2n) is 4.15. The molecule has 1 heterocycles. The summed E-state index contributed by atoms with van der Waals surface area (Å²) < 4.78 is 39.9. The second-order valence-corrected chi connectivity index (χ2v) is 5.06. The van der Waals surface area contributed by atoms with E-state index in [-0.39, 0.29) is 5.69 Å². The van der Waals surface area contributed by atoms with Crippen molar-refractivity contribution in [3.05, 3.63) is 53.1 Å². The van der Waals surface area contributed by atoms with Gasteiger partial charge in [0.05, 0.1) is 11.4 Å².